The number of benzene rings is 2. The Morgan fingerprint density at radius 3 is 2.22 bits per heavy atom. The zero-order valence-electron chi connectivity index (χ0n) is 13.3. The van der Waals surface area contributed by atoms with Crippen LogP contribution in [0.1, 0.15) is 23.0 Å². The molecule has 0 atom stereocenters. The molecule has 0 saturated heterocycles. The van der Waals surface area contributed by atoms with Gasteiger partial charge >= 0.3 is 5.97 Å². The third-order valence-corrected chi connectivity index (χ3v) is 3.83. The van der Waals surface area contributed by atoms with E-state index >= 15 is 0 Å². The standard InChI is InChI=1S/C20H19NO2/c1-3-23-20(22)18-14-19(16-10-6-4-7-11-16)21(15(18)2)17-12-8-5-9-13-17/h4-14H,3H2,1-2H3. The highest BCUT2D eigenvalue weighted by Crippen LogP contribution is 2.29. The molecule has 0 bridgehead atoms. The Hall–Kier alpha value is -2.81. The molecule has 0 unspecified atom stereocenters. The first-order valence-electron chi connectivity index (χ1n) is 7.72. The number of hydrogen-bond acceptors (Lipinski definition) is 2. The Labute approximate surface area is 136 Å². The maximum absolute atomic E-state index is 12.3. The van der Waals surface area contributed by atoms with Gasteiger partial charge in [-0.2, -0.15) is 0 Å². The number of hydrogen-bond donors (Lipinski definition) is 0. The molecule has 0 radical (unpaired) electrons. The highest BCUT2D eigenvalue weighted by molar-refractivity contribution is 5.93. The van der Waals surface area contributed by atoms with Gasteiger partial charge in [0.1, 0.15) is 0 Å². The summed E-state index contributed by atoms with van der Waals surface area (Å²) in [6, 6.07) is 22.0. The lowest BCUT2D eigenvalue weighted by Crippen LogP contribution is -2.06. The lowest BCUT2D eigenvalue weighted by molar-refractivity contribution is 0.0525. The first-order valence-corrected chi connectivity index (χ1v) is 7.72. The third kappa shape index (κ3) is 2.90. The molecule has 116 valence electrons. The van der Waals surface area contributed by atoms with Crippen molar-refractivity contribution in [1.29, 1.82) is 0 Å². The molecule has 2 aromatic carbocycles. The van der Waals surface area contributed by atoms with Crippen LogP contribution in [0.25, 0.3) is 16.9 Å². The number of rotatable bonds is 4. The Kier molecular flexibility index (Phi) is 4.29. The van der Waals surface area contributed by atoms with Gasteiger partial charge in [-0.05, 0) is 37.6 Å². The summed E-state index contributed by atoms with van der Waals surface area (Å²) in [5.41, 5.74) is 4.56. The van der Waals surface area contributed by atoms with Crippen molar-refractivity contribution in [3.05, 3.63) is 78.0 Å². The van der Waals surface area contributed by atoms with Crippen LogP contribution in [0.15, 0.2) is 66.7 Å². The second-order valence-electron chi connectivity index (χ2n) is 5.29. The molecule has 3 nitrogen and oxygen atoms in total. The van der Waals surface area contributed by atoms with Gasteiger partial charge in [0.15, 0.2) is 0 Å². The van der Waals surface area contributed by atoms with Crippen LogP contribution in [0.5, 0.6) is 0 Å². The number of aromatic nitrogens is 1. The molecule has 0 fully saturated rings. The minimum Gasteiger partial charge on any atom is -0.462 e. The summed E-state index contributed by atoms with van der Waals surface area (Å²) < 4.78 is 7.30. The number of nitrogens with zero attached hydrogens (tertiary/aromatic N) is 1. The van der Waals surface area contributed by atoms with Gasteiger partial charge in [-0.3, -0.25) is 0 Å². The smallest absolute Gasteiger partial charge is 0.339 e. The molecule has 3 rings (SSSR count). The van der Waals surface area contributed by atoms with Crippen molar-refractivity contribution in [2.75, 3.05) is 6.61 Å². The van der Waals surface area contributed by atoms with Crippen LogP contribution in [0.2, 0.25) is 0 Å². The van der Waals surface area contributed by atoms with Crippen LogP contribution in [0, 0.1) is 6.92 Å². The van der Waals surface area contributed by atoms with Crippen molar-refractivity contribution in [3.8, 4) is 16.9 Å². The van der Waals surface area contributed by atoms with Crippen molar-refractivity contribution < 1.29 is 9.53 Å². The van der Waals surface area contributed by atoms with E-state index < -0.39 is 0 Å². The molecule has 0 aliphatic carbocycles. The van der Waals surface area contributed by atoms with E-state index in [1.165, 1.54) is 0 Å². The number of ether oxygens (including phenoxy) is 1. The van der Waals surface area contributed by atoms with Crippen molar-refractivity contribution >= 4 is 5.97 Å². The predicted octanol–water partition coefficient (Wildman–Crippen LogP) is 4.63. The topological polar surface area (TPSA) is 31.2 Å². The molecule has 3 heteroatoms. The van der Waals surface area contributed by atoms with Crippen LogP contribution in [-0.4, -0.2) is 17.1 Å². The van der Waals surface area contributed by atoms with E-state index in [1.54, 1.807) is 0 Å². The average molecular weight is 305 g/mol. The first kappa shape index (κ1) is 15.1. The van der Waals surface area contributed by atoms with Gasteiger partial charge < -0.3 is 9.30 Å². The zero-order valence-corrected chi connectivity index (χ0v) is 13.3. The van der Waals surface area contributed by atoms with Crippen molar-refractivity contribution in [2.45, 2.75) is 13.8 Å². The van der Waals surface area contributed by atoms with Gasteiger partial charge in [0.25, 0.3) is 0 Å². The van der Waals surface area contributed by atoms with E-state index in [0.717, 1.165) is 22.6 Å². The highest BCUT2D eigenvalue weighted by Gasteiger charge is 2.20. The van der Waals surface area contributed by atoms with Crippen molar-refractivity contribution in [1.82, 2.24) is 4.57 Å². The Morgan fingerprint density at radius 1 is 1.00 bits per heavy atom. The van der Waals surface area contributed by atoms with E-state index in [9.17, 15) is 4.79 Å². The second-order valence-corrected chi connectivity index (χ2v) is 5.29. The van der Waals surface area contributed by atoms with Gasteiger partial charge in [0.05, 0.1) is 17.9 Å². The first-order chi connectivity index (χ1) is 11.2. The molecule has 23 heavy (non-hydrogen) atoms. The molecule has 0 spiro atoms. The molecular weight excluding hydrogens is 286 g/mol. The quantitative estimate of drug-likeness (QED) is 0.658. The molecule has 0 aliphatic heterocycles. The van der Waals surface area contributed by atoms with Crippen LogP contribution in [0.3, 0.4) is 0 Å². The Morgan fingerprint density at radius 2 is 1.61 bits per heavy atom. The minimum absolute atomic E-state index is 0.281. The van der Waals surface area contributed by atoms with Gasteiger partial charge in [0, 0.05) is 11.4 Å². The SMILES string of the molecule is CCOC(=O)c1cc(-c2ccccc2)n(-c2ccccc2)c1C. The van der Waals surface area contributed by atoms with Gasteiger partial charge in [-0.1, -0.05) is 48.5 Å². The van der Waals surface area contributed by atoms with E-state index in [4.69, 9.17) is 4.74 Å². The van der Waals surface area contributed by atoms with Crippen LogP contribution >= 0.6 is 0 Å². The molecular formula is C20H19NO2. The second kappa shape index (κ2) is 6.53. The minimum atomic E-state index is -0.281. The van der Waals surface area contributed by atoms with E-state index in [-0.39, 0.29) is 5.97 Å². The Bertz CT molecular complexity index is 804. The summed E-state index contributed by atoms with van der Waals surface area (Å²) >= 11 is 0. The predicted molar refractivity (Wildman–Crippen MR) is 91.9 cm³/mol. The summed E-state index contributed by atoms with van der Waals surface area (Å²) in [7, 11) is 0. The molecule has 0 saturated carbocycles. The van der Waals surface area contributed by atoms with Crippen LogP contribution in [-0.2, 0) is 4.74 Å². The lowest BCUT2D eigenvalue weighted by atomic mass is 10.1. The number of carbonyl (C=O) groups is 1. The number of para-hydroxylation sites is 1. The van der Waals surface area contributed by atoms with Gasteiger partial charge in [-0.15, -0.1) is 0 Å². The maximum Gasteiger partial charge on any atom is 0.339 e. The molecule has 1 heterocycles. The normalized spacial score (nSPS) is 10.5. The number of esters is 1. The summed E-state index contributed by atoms with van der Waals surface area (Å²) in [6.45, 7) is 4.14. The van der Waals surface area contributed by atoms with E-state index in [0.29, 0.717) is 12.2 Å². The molecule has 3 aromatic rings. The van der Waals surface area contributed by atoms with Crippen molar-refractivity contribution in [3.63, 3.8) is 0 Å². The zero-order chi connectivity index (χ0) is 16.2. The summed E-state index contributed by atoms with van der Waals surface area (Å²) in [5.74, 6) is -0.281. The summed E-state index contributed by atoms with van der Waals surface area (Å²) in [5, 5.41) is 0. The largest absolute Gasteiger partial charge is 0.462 e. The molecule has 0 amide bonds. The molecule has 1 aromatic heterocycles. The fourth-order valence-electron chi connectivity index (χ4n) is 2.75. The van der Waals surface area contributed by atoms with Crippen LogP contribution < -0.4 is 0 Å². The molecule has 0 aliphatic rings. The summed E-state index contributed by atoms with van der Waals surface area (Å²) in [6.07, 6.45) is 0. The van der Waals surface area contributed by atoms with E-state index in [2.05, 4.69) is 4.57 Å². The van der Waals surface area contributed by atoms with Crippen LogP contribution in [0.4, 0.5) is 0 Å². The van der Waals surface area contributed by atoms with Gasteiger partial charge in [-0.25, -0.2) is 4.79 Å². The number of carbonyl (C=O) groups excluding carboxylic acids is 1. The maximum atomic E-state index is 12.3. The highest BCUT2D eigenvalue weighted by atomic mass is 16.5. The fourth-order valence-corrected chi connectivity index (χ4v) is 2.75. The van der Waals surface area contributed by atoms with Crippen molar-refractivity contribution in [2.24, 2.45) is 0 Å². The average Bonchev–Trinajstić information content (AvgIpc) is 2.94. The third-order valence-electron chi connectivity index (χ3n) is 3.83. The fraction of sp³-hybridized carbons (Fsp3) is 0.150. The van der Waals surface area contributed by atoms with Gasteiger partial charge in [0.2, 0.25) is 0 Å². The van der Waals surface area contributed by atoms with E-state index in [1.807, 2.05) is 80.6 Å². The summed E-state index contributed by atoms with van der Waals surface area (Å²) in [4.78, 5) is 12.3. The molecule has 0 N–H and O–H groups in total. The lowest BCUT2D eigenvalue weighted by Gasteiger charge is -2.12. The monoisotopic (exact) mass is 305 g/mol. The Balaban J connectivity index is 2.21.